The second-order valence-electron chi connectivity index (χ2n) is 8.21. The first-order valence-electron chi connectivity index (χ1n) is 8.85. The van der Waals surface area contributed by atoms with Crippen LogP contribution in [0.1, 0.15) is 60.3 Å². The van der Waals surface area contributed by atoms with E-state index in [-0.39, 0.29) is 11.5 Å². The van der Waals surface area contributed by atoms with Crippen LogP contribution < -0.4 is 5.32 Å². The molecule has 2 rings (SSSR count). The van der Waals surface area contributed by atoms with Crippen LogP contribution in [0.3, 0.4) is 0 Å². The van der Waals surface area contributed by atoms with Crippen LogP contribution >= 0.6 is 0 Å². The average molecular weight is 297 g/mol. The number of nitrogens with one attached hydrogen (secondary N) is 1. The topological polar surface area (TPSA) is 30.5 Å². The van der Waals surface area contributed by atoms with Gasteiger partial charge in [0.25, 0.3) is 0 Å². The van der Waals surface area contributed by atoms with Crippen molar-refractivity contribution in [1.82, 2.24) is 5.32 Å². The molecule has 0 aromatic heterocycles. The van der Waals surface area contributed by atoms with E-state index in [4.69, 9.17) is 9.47 Å². The third-order valence-corrected chi connectivity index (χ3v) is 5.42. The third-order valence-electron chi connectivity index (χ3n) is 5.42. The number of ether oxygens (including phenoxy) is 2. The van der Waals surface area contributed by atoms with E-state index in [0.717, 1.165) is 31.6 Å². The van der Waals surface area contributed by atoms with E-state index in [2.05, 4.69) is 39.9 Å². The summed E-state index contributed by atoms with van der Waals surface area (Å²) in [5, 5.41) is 3.51. The lowest BCUT2D eigenvalue weighted by Crippen LogP contribution is -2.52. The van der Waals surface area contributed by atoms with Crippen molar-refractivity contribution in [2.75, 3.05) is 19.8 Å². The molecule has 0 radical (unpaired) electrons. The second kappa shape index (κ2) is 7.43. The van der Waals surface area contributed by atoms with Gasteiger partial charge in [-0.15, -0.1) is 0 Å². The molecule has 3 heteroatoms. The summed E-state index contributed by atoms with van der Waals surface area (Å²) in [6.07, 6.45) is 5.87. The van der Waals surface area contributed by atoms with Gasteiger partial charge in [0.15, 0.2) is 0 Å². The van der Waals surface area contributed by atoms with Crippen molar-refractivity contribution in [2.45, 2.75) is 78.6 Å². The SMILES string of the molecule is CC(C)[C@H]1CC[C@@H](OCC(C)(C)C2CN[C@@H](C)CO2)CC1. The number of morpholine rings is 1. The van der Waals surface area contributed by atoms with E-state index in [1.807, 2.05) is 0 Å². The van der Waals surface area contributed by atoms with Crippen molar-refractivity contribution in [3.05, 3.63) is 0 Å². The molecule has 1 aliphatic heterocycles. The van der Waals surface area contributed by atoms with Crippen LogP contribution in [0.4, 0.5) is 0 Å². The molecule has 2 fully saturated rings. The zero-order valence-corrected chi connectivity index (χ0v) is 14.7. The lowest BCUT2D eigenvalue weighted by Gasteiger charge is -2.40. The maximum Gasteiger partial charge on any atom is 0.0773 e. The summed E-state index contributed by atoms with van der Waals surface area (Å²) in [6, 6.07) is 0.476. The lowest BCUT2D eigenvalue weighted by atomic mass is 9.80. The van der Waals surface area contributed by atoms with Crippen LogP contribution in [0, 0.1) is 17.3 Å². The van der Waals surface area contributed by atoms with E-state index >= 15 is 0 Å². The van der Waals surface area contributed by atoms with Gasteiger partial charge < -0.3 is 14.8 Å². The van der Waals surface area contributed by atoms with Crippen LogP contribution in [0.5, 0.6) is 0 Å². The molecular weight excluding hydrogens is 262 g/mol. The van der Waals surface area contributed by atoms with Gasteiger partial charge in [0.1, 0.15) is 0 Å². The van der Waals surface area contributed by atoms with Crippen molar-refractivity contribution in [1.29, 1.82) is 0 Å². The van der Waals surface area contributed by atoms with Gasteiger partial charge in [0.05, 0.1) is 25.4 Å². The van der Waals surface area contributed by atoms with Gasteiger partial charge in [0.2, 0.25) is 0 Å². The van der Waals surface area contributed by atoms with Crippen molar-refractivity contribution < 1.29 is 9.47 Å². The summed E-state index contributed by atoms with van der Waals surface area (Å²) in [4.78, 5) is 0. The van der Waals surface area contributed by atoms with E-state index in [0.29, 0.717) is 12.1 Å². The Hall–Kier alpha value is -0.120. The molecule has 0 aromatic carbocycles. The molecule has 2 aliphatic rings. The Morgan fingerprint density at radius 1 is 1.19 bits per heavy atom. The van der Waals surface area contributed by atoms with Gasteiger partial charge in [-0.05, 0) is 44.4 Å². The summed E-state index contributed by atoms with van der Waals surface area (Å²) in [5.74, 6) is 1.73. The maximum absolute atomic E-state index is 6.25. The van der Waals surface area contributed by atoms with Crippen LogP contribution in [0.2, 0.25) is 0 Å². The van der Waals surface area contributed by atoms with Gasteiger partial charge in [-0.3, -0.25) is 0 Å². The first kappa shape index (κ1) is 17.2. The molecule has 1 heterocycles. The van der Waals surface area contributed by atoms with Gasteiger partial charge in [-0.1, -0.05) is 27.7 Å². The standard InChI is InChI=1S/C18H35NO2/c1-13(2)15-6-8-16(9-7-15)21-12-18(4,5)17-10-19-14(3)11-20-17/h13-17,19H,6-12H2,1-5H3/t14-,15-,16+,17?/m0/s1. The largest absolute Gasteiger partial charge is 0.378 e. The van der Waals surface area contributed by atoms with Gasteiger partial charge in [0, 0.05) is 18.0 Å². The first-order valence-corrected chi connectivity index (χ1v) is 8.85. The van der Waals surface area contributed by atoms with Crippen LogP contribution in [0.15, 0.2) is 0 Å². The van der Waals surface area contributed by atoms with Crippen LogP contribution in [-0.4, -0.2) is 38.0 Å². The minimum Gasteiger partial charge on any atom is -0.378 e. The van der Waals surface area contributed by atoms with Crippen molar-refractivity contribution in [2.24, 2.45) is 17.3 Å². The molecule has 124 valence electrons. The van der Waals surface area contributed by atoms with E-state index in [1.165, 1.54) is 25.7 Å². The van der Waals surface area contributed by atoms with Gasteiger partial charge in [-0.2, -0.15) is 0 Å². The highest BCUT2D eigenvalue weighted by atomic mass is 16.5. The fourth-order valence-corrected chi connectivity index (χ4v) is 3.54. The zero-order chi connectivity index (χ0) is 15.5. The minimum absolute atomic E-state index is 0.0854. The van der Waals surface area contributed by atoms with E-state index < -0.39 is 0 Å². The summed E-state index contributed by atoms with van der Waals surface area (Å²) < 4.78 is 12.2. The third kappa shape index (κ3) is 4.94. The fraction of sp³-hybridized carbons (Fsp3) is 1.00. The van der Waals surface area contributed by atoms with Crippen LogP contribution in [0.25, 0.3) is 0 Å². The Morgan fingerprint density at radius 2 is 1.86 bits per heavy atom. The highest BCUT2D eigenvalue weighted by molar-refractivity contribution is 4.86. The average Bonchev–Trinajstić information content (AvgIpc) is 2.46. The monoisotopic (exact) mass is 297 g/mol. The molecule has 0 amide bonds. The minimum atomic E-state index is 0.0854. The summed E-state index contributed by atoms with van der Waals surface area (Å²) in [6.45, 7) is 14.0. The fourth-order valence-electron chi connectivity index (χ4n) is 3.54. The number of rotatable bonds is 5. The van der Waals surface area contributed by atoms with Crippen molar-refractivity contribution >= 4 is 0 Å². The number of hydrogen-bond acceptors (Lipinski definition) is 3. The Labute approximate surface area is 131 Å². The molecule has 3 nitrogen and oxygen atoms in total. The molecule has 2 atom stereocenters. The molecule has 0 bridgehead atoms. The van der Waals surface area contributed by atoms with E-state index in [1.54, 1.807) is 0 Å². The highest BCUT2D eigenvalue weighted by Crippen LogP contribution is 2.33. The van der Waals surface area contributed by atoms with Crippen molar-refractivity contribution in [3.63, 3.8) is 0 Å². The zero-order valence-electron chi connectivity index (χ0n) is 14.7. The normalized spacial score (nSPS) is 35.1. The molecular formula is C18H35NO2. The molecule has 1 aliphatic carbocycles. The van der Waals surface area contributed by atoms with Gasteiger partial charge in [-0.25, -0.2) is 0 Å². The molecule has 0 aromatic rings. The highest BCUT2D eigenvalue weighted by Gasteiger charge is 2.34. The number of hydrogen-bond donors (Lipinski definition) is 1. The quantitative estimate of drug-likeness (QED) is 0.840. The predicted molar refractivity (Wildman–Crippen MR) is 87.5 cm³/mol. The Morgan fingerprint density at radius 3 is 2.38 bits per heavy atom. The summed E-state index contributed by atoms with van der Waals surface area (Å²) >= 11 is 0. The van der Waals surface area contributed by atoms with Gasteiger partial charge >= 0.3 is 0 Å². The smallest absolute Gasteiger partial charge is 0.0773 e. The molecule has 1 unspecified atom stereocenters. The van der Waals surface area contributed by atoms with Crippen LogP contribution in [-0.2, 0) is 9.47 Å². The predicted octanol–water partition coefficient (Wildman–Crippen LogP) is 3.62. The first-order chi connectivity index (χ1) is 9.88. The second-order valence-corrected chi connectivity index (χ2v) is 8.21. The molecule has 1 N–H and O–H groups in total. The summed E-state index contributed by atoms with van der Waals surface area (Å²) in [7, 11) is 0. The Balaban J connectivity index is 1.72. The van der Waals surface area contributed by atoms with E-state index in [9.17, 15) is 0 Å². The molecule has 1 saturated carbocycles. The summed E-state index contributed by atoms with van der Waals surface area (Å²) in [5.41, 5.74) is 0.0854. The Kier molecular flexibility index (Phi) is 6.10. The van der Waals surface area contributed by atoms with Crippen molar-refractivity contribution in [3.8, 4) is 0 Å². The lowest BCUT2D eigenvalue weighted by molar-refractivity contribution is -0.106. The molecule has 1 saturated heterocycles. The maximum atomic E-state index is 6.25. The Bertz CT molecular complexity index is 300. The molecule has 0 spiro atoms. The molecule has 21 heavy (non-hydrogen) atoms.